The molecule has 0 aromatic heterocycles. The van der Waals surface area contributed by atoms with E-state index in [1.165, 1.54) is 12.8 Å². The fraction of sp³-hybridized carbons (Fsp3) is 0.625. The highest BCUT2D eigenvalue weighted by atomic mass is 32.2. The van der Waals surface area contributed by atoms with Crippen molar-refractivity contribution in [3.63, 3.8) is 0 Å². The number of likely N-dealkylation sites (tertiary alicyclic amines) is 1. The van der Waals surface area contributed by atoms with Crippen LogP contribution < -0.4 is 9.46 Å². The summed E-state index contributed by atoms with van der Waals surface area (Å²) in [5.74, 6) is 1.41. The molecule has 1 N–H and O–H groups in total. The molecule has 1 aromatic carbocycles. The summed E-state index contributed by atoms with van der Waals surface area (Å²) in [4.78, 5) is 2.70. The third-order valence-corrected chi connectivity index (χ3v) is 5.53. The van der Waals surface area contributed by atoms with Crippen molar-refractivity contribution in [3.05, 3.63) is 24.3 Å². The molecule has 0 bridgehead atoms. The Kier molecular flexibility index (Phi) is 6.23. The molecule has 1 fully saturated rings. The van der Waals surface area contributed by atoms with Crippen LogP contribution in [0.5, 0.6) is 5.75 Å². The Morgan fingerprint density at radius 3 is 2.68 bits per heavy atom. The van der Waals surface area contributed by atoms with E-state index in [4.69, 9.17) is 4.74 Å². The van der Waals surface area contributed by atoms with Crippen molar-refractivity contribution in [2.45, 2.75) is 31.1 Å². The molecule has 5 nitrogen and oxygen atoms in total. The third-order valence-electron chi connectivity index (χ3n) is 4.05. The molecule has 0 spiro atoms. The lowest BCUT2D eigenvalue weighted by molar-refractivity contribution is 0.182. The standard InChI is InChI=1S/C16H26N2O3S/c1-14-5-3-11-18(13-14)12-4-10-17-22(19,20)16-8-6-15(21-2)7-9-16/h6-9,14,17H,3-5,10-13H2,1-2H3. The third kappa shape index (κ3) is 4.97. The van der Waals surface area contributed by atoms with Crippen LogP contribution in [0.25, 0.3) is 0 Å². The molecule has 124 valence electrons. The lowest BCUT2D eigenvalue weighted by Crippen LogP contribution is -2.36. The van der Waals surface area contributed by atoms with Crippen LogP contribution in [0.3, 0.4) is 0 Å². The summed E-state index contributed by atoms with van der Waals surface area (Å²) in [5, 5.41) is 0. The van der Waals surface area contributed by atoms with Crippen molar-refractivity contribution in [1.29, 1.82) is 0 Å². The number of rotatable bonds is 7. The first-order valence-corrected chi connectivity index (χ1v) is 9.35. The number of ether oxygens (including phenoxy) is 1. The van der Waals surface area contributed by atoms with Gasteiger partial charge in [-0.25, -0.2) is 13.1 Å². The van der Waals surface area contributed by atoms with Gasteiger partial charge < -0.3 is 9.64 Å². The summed E-state index contributed by atoms with van der Waals surface area (Å²) in [5.41, 5.74) is 0. The van der Waals surface area contributed by atoms with Gasteiger partial charge in [-0.15, -0.1) is 0 Å². The van der Waals surface area contributed by atoms with Gasteiger partial charge in [0, 0.05) is 13.1 Å². The van der Waals surface area contributed by atoms with E-state index in [9.17, 15) is 8.42 Å². The summed E-state index contributed by atoms with van der Waals surface area (Å²) in [7, 11) is -1.86. The first kappa shape index (κ1) is 17.2. The molecule has 1 unspecified atom stereocenters. The molecule has 1 atom stereocenters. The molecule has 1 aliphatic rings. The van der Waals surface area contributed by atoms with Gasteiger partial charge in [0.05, 0.1) is 12.0 Å². The summed E-state index contributed by atoms with van der Waals surface area (Å²) in [6, 6.07) is 6.44. The highest BCUT2D eigenvalue weighted by Gasteiger charge is 2.16. The Labute approximate surface area is 133 Å². The smallest absolute Gasteiger partial charge is 0.240 e. The maximum absolute atomic E-state index is 12.2. The predicted octanol–water partition coefficient (Wildman–Crippen LogP) is 2.10. The molecule has 1 aromatic rings. The zero-order valence-corrected chi connectivity index (χ0v) is 14.2. The van der Waals surface area contributed by atoms with Crippen LogP contribution in [0.4, 0.5) is 0 Å². The number of sulfonamides is 1. The fourth-order valence-corrected chi connectivity index (χ4v) is 3.91. The summed E-state index contributed by atoms with van der Waals surface area (Å²) in [6.45, 7) is 5.97. The molecule has 6 heteroatoms. The van der Waals surface area contributed by atoms with Gasteiger partial charge in [0.2, 0.25) is 10.0 Å². The maximum Gasteiger partial charge on any atom is 0.240 e. The van der Waals surface area contributed by atoms with E-state index in [1.807, 2.05) is 0 Å². The molecule has 2 rings (SSSR count). The van der Waals surface area contributed by atoms with Crippen LogP contribution in [-0.4, -0.2) is 46.6 Å². The molecule has 1 heterocycles. The van der Waals surface area contributed by atoms with Gasteiger partial charge in [-0.1, -0.05) is 6.92 Å². The molecule has 1 aliphatic heterocycles. The second kappa shape index (κ2) is 7.94. The summed E-state index contributed by atoms with van der Waals surface area (Å²) in [6.07, 6.45) is 3.39. The predicted molar refractivity (Wildman–Crippen MR) is 87.6 cm³/mol. The minimum atomic E-state index is -3.42. The summed E-state index contributed by atoms with van der Waals surface area (Å²) >= 11 is 0. The molecule has 0 amide bonds. The Bertz CT molecular complexity index is 557. The van der Waals surface area contributed by atoms with Crippen molar-refractivity contribution >= 4 is 10.0 Å². The zero-order valence-electron chi connectivity index (χ0n) is 13.4. The first-order chi connectivity index (χ1) is 10.5. The molecule has 22 heavy (non-hydrogen) atoms. The Hall–Kier alpha value is -1.11. The van der Waals surface area contributed by atoms with Crippen LogP contribution in [0.15, 0.2) is 29.2 Å². The van der Waals surface area contributed by atoms with Crippen LogP contribution in [-0.2, 0) is 10.0 Å². The maximum atomic E-state index is 12.2. The number of hydrogen-bond acceptors (Lipinski definition) is 4. The Morgan fingerprint density at radius 1 is 1.32 bits per heavy atom. The van der Waals surface area contributed by atoms with Gasteiger partial charge in [0.1, 0.15) is 5.75 Å². The van der Waals surface area contributed by atoms with E-state index in [1.54, 1.807) is 31.4 Å². The fourth-order valence-electron chi connectivity index (χ4n) is 2.84. The van der Waals surface area contributed by atoms with Crippen molar-refractivity contribution in [1.82, 2.24) is 9.62 Å². The molecular weight excluding hydrogens is 300 g/mol. The van der Waals surface area contributed by atoms with E-state index in [0.717, 1.165) is 32.0 Å². The highest BCUT2D eigenvalue weighted by Crippen LogP contribution is 2.16. The first-order valence-electron chi connectivity index (χ1n) is 7.87. The Balaban J connectivity index is 1.77. The number of methoxy groups -OCH3 is 1. The van der Waals surface area contributed by atoms with Crippen molar-refractivity contribution in [3.8, 4) is 5.75 Å². The van der Waals surface area contributed by atoms with E-state index in [0.29, 0.717) is 12.3 Å². The topological polar surface area (TPSA) is 58.6 Å². The molecular formula is C16H26N2O3S. The van der Waals surface area contributed by atoms with E-state index >= 15 is 0 Å². The van der Waals surface area contributed by atoms with Gasteiger partial charge in [-0.05, 0) is 62.5 Å². The average Bonchev–Trinajstić information content (AvgIpc) is 2.52. The molecule has 1 saturated heterocycles. The lowest BCUT2D eigenvalue weighted by Gasteiger charge is -2.30. The minimum absolute atomic E-state index is 0.278. The number of nitrogens with zero attached hydrogens (tertiary/aromatic N) is 1. The summed E-state index contributed by atoms with van der Waals surface area (Å²) < 4.78 is 32.0. The van der Waals surface area contributed by atoms with Crippen molar-refractivity contribution in [2.24, 2.45) is 5.92 Å². The van der Waals surface area contributed by atoms with Crippen LogP contribution >= 0.6 is 0 Å². The van der Waals surface area contributed by atoms with E-state index in [2.05, 4.69) is 16.5 Å². The number of nitrogens with one attached hydrogen (secondary N) is 1. The highest BCUT2D eigenvalue weighted by molar-refractivity contribution is 7.89. The second-order valence-corrected chi connectivity index (χ2v) is 7.74. The van der Waals surface area contributed by atoms with Crippen molar-refractivity contribution < 1.29 is 13.2 Å². The van der Waals surface area contributed by atoms with Crippen LogP contribution in [0.1, 0.15) is 26.2 Å². The van der Waals surface area contributed by atoms with Crippen molar-refractivity contribution in [2.75, 3.05) is 33.3 Å². The Morgan fingerprint density at radius 2 is 2.05 bits per heavy atom. The number of piperidine rings is 1. The van der Waals surface area contributed by atoms with Gasteiger partial charge >= 0.3 is 0 Å². The zero-order chi connectivity index (χ0) is 16.0. The molecule has 0 aliphatic carbocycles. The minimum Gasteiger partial charge on any atom is -0.497 e. The van der Waals surface area contributed by atoms with Gasteiger partial charge in [0.25, 0.3) is 0 Å². The SMILES string of the molecule is COc1ccc(S(=O)(=O)NCCCN2CCCC(C)C2)cc1. The van der Waals surface area contributed by atoms with Gasteiger partial charge in [-0.3, -0.25) is 0 Å². The number of hydrogen-bond donors (Lipinski definition) is 1. The lowest BCUT2D eigenvalue weighted by atomic mass is 10.0. The quantitative estimate of drug-likeness (QED) is 0.780. The largest absolute Gasteiger partial charge is 0.497 e. The monoisotopic (exact) mass is 326 g/mol. The van der Waals surface area contributed by atoms with Gasteiger partial charge in [-0.2, -0.15) is 0 Å². The van der Waals surface area contributed by atoms with Gasteiger partial charge in [0.15, 0.2) is 0 Å². The molecule has 0 saturated carbocycles. The van der Waals surface area contributed by atoms with Crippen LogP contribution in [0.2, 0.25) is 0 Å². The molecule has 0 radical (unpaired) electrons. The second-order valence-electron chi connectivity index (χ2n) is 5.97. The van der Waals surface area contributed by atoms with E-state index in [-0.39, 0.29) is 4.90 Å². The number of benzene rings is 1. The van der Waals surface area contributed by atoms with E-state index < -0.39 is 10.0 Å². The normalized spacial score (nSPS) is 20.0. The average molecular weight is 326 g/mol. The van der Waals surface area contributed by atoms with Crippen LogP contribution in [0, 0.1) is 5.92 Å².